The number of amides is 1. The second kappa shape index (κ2) is 8.14. The zero-order valence-corrected chi connectivity index (χ0v) is 18.2. The molecule has 1 atom stereocenters. The van der Waals surface area contributed by atoms with Gasteiger partial charge in [0, 0.05) is 48.3 Å². The molecule has 0 saturated carbocycles. The third-order valence-corrected chi connectivity index (χ3v) is 5.18. The number of benzene rings is 1. The molecule has 1 saturated heterocycles. The van der Waals surface area contributed by atoms with Gasteiger partial charge in [-0.3, -0.25) is 0 Å². The maximum Gasteiger partial charge on any atom is 0.410 e. The second-order valence-corrected chi connectivity index (χ2v) is 8.99. The van der Waals surface area contributed by atoms with Crippen LogP contribution in [0, 0.1) is 0 Å². The van der Waals surface area contributed by atoms with Crippen molar-refractivity contribution in [3.8, 4) is 11.3 Å². The average Bonchev–Trinajstić information content (AvgIpc) is 3.13. The van der Waals surface area contributed by atoms with Crippen LogP contribution in [0.1, 0.15) is 33.6 Å². The molecule has 1 N–H and O–H groups in total. The van der Waals surface area contributed by atoms with Gasteiger partial charge in [0.1, 0.15) is 5.60 Å². The number of piperidine rings is 1. The molecule has 0 aliphatic carbocycles. The topological polar surface area (TPSA) is 71.8 Å². The van der Waals surface area contributed by atoms with E-state index in [1.165, 1.54) is 0 Å². The number of anilines is 1. The molecule has 4 rings (SSSR count). The number of likely N-dealkylation sites (tertiary alicyclic amines) is 1. The highest BCUT2D eigenvalue weighted by molar-refractivity contribution is 6.30. The quantitative estimate of drug-likeness (QED) is 0.646. The lowest BCUT2D eigenvalue weighted by molar-refractivity contribution is 0.0206. The molecule has 3 aromatic rings. The van der Waals surface area contributed by atoms with E-state index in [0.717, 1.165) is 29.7 Å². The lowest BCUT2D eigenvalue weighted by atomic mass is 10.1. The summed E-state index contributed by atoms with van der Waals surface area (Å²) in [6, 6.07) is 7.69. The molecule has 0 bridgehead atoms. The average molecular weight is 428 g/mol. The van der Waals surface area contributed by atoms with Gasteiger partial charge in [-0.25, -0.2) is 14.8 Å². The third-order valence-electron chi connectivity index (χ3n) is 4.93. The fourth-order valence-electron chi connectivity index (χ4n) is 3.56. The van der Waals surface area contributed by atoms with Gasteiger partial charge in [0.2, 0.25) is 0 Å². The summed E-state index contributed by atoms with van der Waals surface area (Å²) >= 11 is 6.00. The number of rotatable bonds is 3. The van der Waals surface area contributed by atoms with Crippen LogP contribution >= 0.6 is 11.6 Å². The molecule has 1 aromatic carbocycles. The van der Waals surface area contributed by atoms with Crippen LogP contribution in [0.4, 0.5) is 10.6 Å². The van der Waals surface area contributed by atoms with Gasteiger partial charge in [-0.1, -0.05) is 23.7 Å². The molecule has 0 radical (unpaired) electrons. The molecule has 3 heterocycles. The van der Waals surface area contributed by atoms with Gasteiger partial charge in [0.25, 0.3) is 0 Å². The molecule has 1 fully saturated rings. The Kier molecular flexibility index (Phi) is 5.56. The van der Waals surface area contributed by atoms with Gasteiger partial charge in [0.05, 0.1) is 5.69 Å². The summed E-state index contributed by atoms with van der Waals surface area (Å²) in [5.74, 6) is 0.703. The maximum absolute atomic E-state index is 12.4. The summed E-state index contributed by atoms with van der Waals surface area (Å²) in [5, 5.41) is 4.17. The van der Waals surface area contributed by atoms with Crippen LogP contribution in [0.15, 0.2) is 42.9 Å². The highest BCUT2D eigenvalue weighted by Crippen LogP contribution is 2.25. The molecular formula is C22H26ClN5O2. The number of nitrogens with zero attached hydrogens (tertiary/aromatic N) is 4. The van der Waals surface area contributed by atoms with Crippen LogP contribution in [0.3, 0.4) is 0 Å². The lowest BCUT2D eigenvalue weighted by Gasteiger charge is -2.34. The number of carbonyl (C=O) groups excluding carboxylic acids is 1. The Morgan fingerprint density at radius 1 is 1.27 bits per heavy atom. The maximum atomic E-state index is 12.4. The minimum Gasteiger partial charge on any atom is -0.444 e. The number of hydrogen-bond acceptors (Lipinski definition) is 5. The highest BCUT2D eigenvalue weighted by Gasteiger charge is 2.28. The smallest absolute Gasteiger partial charge is 0.410 e. The monoisotopic (exact) mass is 427 g/mol. The molecular weight excluding hydrogens is 402 g/mol. The first kappa shape index (κ1) is 20.5. The molecule has 0 unspecified atom stereocenters. The first-order chi connectivity index (χ1) is 14.3. The summed E-state index contributed by atoms with van der Waals surface area (Å²) in [5.41, 5.74) is 2.08. The van der Waals surface area contributed by atoms with Gasteiger partial charge < -0.3 is 19.4 Å². The first-order valence-electron chi connectivity index (χ1n) is 10.1. The van der Waals surface area contributed by atoms with E-state index in [1.807, 2.05) is 61.8 Å². The van der Waals surface area contributed by atoms with Crippen LogP contribution in [0.5, 0.6) is 0 Å². The van der Waals surface area contributed by atoms with Crippen LogP contribution in [0.2, 0.25) is 5.02 Å². The number of aromatic nitrogens is 3. The van der Waals surface area contributed by atoms with Crippen molar-refractivity contribution < 1.29 is 9.53 Å². The van der Waals surface area contributed by atoms with E-state index in [4.69, 9.17) is 21.3 Å². The number of nitrogens with one attached hydrogen (secondary N) is 1. The minimum atomic E-state index is -0.501. The Bertz CT molecular complexity index is 1040. The van der Waals surface area contributed by atoms with Crippen LogP contribution in [0.25, 0.3) is 16.9 Å². The van der Waals surface area contributed by atoms with Crippen molar-refractivity contribution in [2.24, 2.45) is 0 Å². The van der Waals surface area contributed by atoms with Crippen molar-refractivity contribution in [1.29, 1.82) is 0 Å². The number of hydrogen-bond donors (Lipinski definition) is 1. The Balaban J connectivity index is 1.52. The summed E-state index contributed by atoms with van der Waals surface area (Å²) < 4.78 is 7.48. The predicted octanol–water partition coefficient (Wildman–Crippen LogP) is 4.86. The number of carbonyl (C=O) groups is 1. The van der Waals surface area contributed by atoms with Crippen molar-refractivity contribution in [1.82, 2.24) is 19.3 Å². The Hall–Kier alpha value is -2.80. The number of halogens is 1. The number of fused-ring (bicyclic) bond motifs is 1. The summed E-state index contributed by atoms with van der Waals surface area (Å²) in [7, 11) is 0. The number of imidazole rings is 1. The zero-order chi connectivity index (χ0) is 21.3. The molecule has 7 nitrogen and oxygen atoms in total. The molecule has 30 heavy (non-hydrogen) atoms. The van der Waals surface area contributed by atoms with Crippen molar-refractivity contribution in [2.45, 2.75) is 45.3 Å². The summed E-state index contributed by atoms with van der Waals surface area (Å²) in [6.07, 6.45) is 7.18. The first-order valence-corrected chi connectivity index (χ1v) is 10.5. The van der Waals surface area contributed by atoms with Crippen molar-refractivity contribution in [3.63, 3.8) is 0 Å². The SMILES string of the molecule is CC(C)(C)OC(=O)N1CCC[C@H](Nc2nccn3cc(-c4ccc(Cl)cc4)nc23)C1. The third kappa shape index (κ3) is 4.67. The van der Waals surface area contributed by atoms with E-state index in [2.05, 4.69) is 10.3 Å². The fraction of sp³-hybridized carbons (Fsp3) is 0.409. The van der Waals surface area contributed by atoms with Gasteiger partial charge in [-0.2, -0.15) is 0 Å². The number of ether oxygens (including phenoxy) is 1. The molecule has 1 aliphatic rings. The fourth-order valence-corrected chi connectivity index (χ4v) is 3.69. The summed E-state index contributed by atoms with van der Waals surface area (Å²) in [6.45, 7) is 6.92. The molecule has 8 heteroatoms. The normalized spacial score (nSPS) is 17.2. The van der Waals surface area contributed by atoms with Gasteiger partial charge >= 0.3 is 6.09 Å². The van der Waals surface area contributed by atoms with Gasteiger partial charge in [0.15, 0.2) is 11.5 Å². The van der Waals surface area contributed by atoms with Gasteiger partial charge in [-0.05, 0) is 45.7 Å². The molecule has 1 aliphatic heterocycles. The molecule has 2 aromatic heterocycles. The molecule has 1 amide bonds. The summed E-state index contributed by atoms with van der Waals surface area (Å²) in [4.78, 5) is 23.5. The minimum absolute atomic E-state index is 0.0839. The highest BCUT2D eigenvalue weighted by atomic mass is 35.5. The molecule has 158 valence electrons. The van der Waals surface area contributed by atoms with Crippen molar-refractivity contribution in [2.75, 3.05) is 18.4 Å². The predicted molar refractivity (Wildman–Crippen MR) is 118 cm³/mol. The largest absolute Gasteiger partial charge is 0.444 e. The lowest BCUT2D eigenvalue weighted by Crippen LogP contribution is -2.47. The Labute approximate surface area is 181 Å². The van der Waals surface area contributed by atoms with E-state index in [-0.39, 0.29) is 12.1 Å². The Morgan fingerprint density at radius 2 is 2.03 bits per heavy atom. The van der Waals surface area contributed by atoms with E-state index in [9.17, 15) is 4.79 Å². The van der Waals surface area contributed by atoms with Crippen LogP contribution in [-0.4, -0.2) is 50.1 Å². The van der Waals surface area contributed by atoms with Crippen LogP contribution in [-0.2, 0) is 4.74 Å². The zero-order valence-electron chi connectivity index (χ0n) is 17.4. The van der Waals surface area contributed by atoms with Gasteiger partial charge in [-0.15, -0.1) is 0 Å². The van der Waals surface area contributed by atoms with E-state index < -0.39 is 5.60 Å². The van der Waals surface area contributed by atoms with Crippen LogP contribution < -0.4 is 5.32 Å². The van der Waals surface area contributed by atoms with E-state index in [1.54, 1.807) is 11.1 Å². The van der Waals surface area contributed by atoms with Crippen molar-refractivity contribution in [3.05, 3.63) is 47.9 Å². The molecule has 0 spiro atoms. The second-order valence-electron chi connectivity index (χ2n) is 8.55. The van der Waals surface area contributed by atoms with Crippen molar-refractivity contribution >= 4 is 29.2 Å². The van der Waals surface area contributed by atoms with E-state index >= 15 is 0 Å². The van der Waals surface area contributed by atoms with E-state index in [0.29, 0.717) is 23.9 Å². The Morgan fingerprint density at radius 3 is 2.77 bits per heavy atom. The standard InChI is InChI=1S/C22H26ClN5O2/c1-22(2,3)30-21(29)28-11-4-5-17(13-28)25-19-20-26-18(14-27(20)12-10-24-19)15-6-8-16(23)9-7-15/h6-10,12,14,17H,4-5,11,13H2,1-3H3,(H,24,25)/t17-/m0/s1.